The van der Waals surface area contributed by atoms with Gasteiger partial charge in [-0.1, -0.05) is 26.2 Å². The summed E-state index contributed by atoms with van der Waals surface area (Å²) >= 11 is 0. The average Bonchev–Trinajstić information content (AvgIpc) is 2.10. The van der Waals surface area contributed by atoms with E-state index >= 15 is 0 Å². The molecule has 1 radical (unpaired) electrons. The summed E-state index contributed by atoms with van der Waals surface area (Å²) in [5, 5.41) is 0. The summed E-state index contributed by atoms with van der Waals surface area (Å²) in [6.45, 7) is 2.74. The Kier molecular flexibility index (Phi) is 10.1. The molecule has 0 aliphatic carbocycles. The summed E-state index contributed by atoms with van der Waals surface area (Å²) in [7, 11) is 0. The summed E-state index contributed by atoms with van der Waals surface area (Å²) in [5.74, 6) is 6.24. The summed E-state index contributed by atoms with van der Waals surface area (Å²) < 4.78 is 0. The molecule has 0 saturated carbocycles. The minimum absolute atomic E-state index is 0.518. The Morgan fingerprint density at radius 2 is 1.58 bits per heavy atom. The van der Waals surface area contributed by atoms with Gasteiger partial charge in [0.05, 0.1) is 0 Å². The first-order valence-electron chi connectivity index (χ1n) is 5.02. The molecule has 0 heterocycles. The van der Waals surface area contributed by atoms with Crippen LogP contribution in [0.25, 0.3) is 0 Å². The maximum atomic E-state index is 6.91. The molecule has 1 N–H and O–H groups in total. The lowest BCUT2D eigenvalue weighted by Gasteiger charge is -1.91. The minimum atomic E-state index is 0.518. The highest BCUT2D eigenvalue weighted by molar-refractivity contribution is 4.98. The van der Waals surface area contributed by atoms with Gasteiger partial charge in [0.15, 0.2) is 0 Å². The molecule has 12 heavy (non-hydrogen) atoms. The van der Waals surface area contributed by atoms with Gasteiger partial charge in [-0.3, -0.25) is 5.73 Å². The van der Waals surface area contributed by atoms with Crippen LogP contribution in [0, 0.1) is 11.8 Å². The molecule has 69 valence electrons. The van der Waals surface area contributed by atoms with Crippen LogP contribution < -0.4 is 5.73 Å². The maximum Gasteiger partial charge on any atom is 0.0109 e. The zero-order chi connectivity index (χ0) is 9.07. The van der Waals surface area contributed by atoms with E-state index in [0.717, 1.165) is 19.3 Å². The topological polar surface area (TPSA) is 23.8 Å². The van der Waals surface area contributed by atoms with Crippen LogP contribution >= 0.6 is 0 Å². The van der Waals surface area contributed by atoms with E-state index in [1.54, 1.807) is 0 Å². The average molecular weight is 166 g/mol. The maximum absolute atomic E-state index is 6.91. The molecule has 0 atom stereocenters. The second kappa shape index (κ2) is 10.5. The molecular formula is C11H20N. The molecule has 0 aromatic carbocycles. The largest absolute Gasteiger partial charge is 0.258 e. The normalized spacial score (nSPS) is 9.17. The van der Waals surface area contributed by atoms with Gasteiger partial charge < -0.3 is 0 Å². The highest BCUT2D eigenvalue weighted by Crippen LogP contribution is 2.00. The van der Waals surface area contributed by atoms with Crippen LogP contribution in [0.15, 0.2) is 0 Å². The van der Waals surface area contributed by atoms with Crippen molar-refractivity contribution < 1.29 is 0 Å². The zero-order valence-electron chi connectivity index (χ0n) is 8.16. The number of rotatable bonds is 6. The van der Waals surface area contributed by atoms with E-state index in [-0.39, 0.29) is 0 Å². The van der Waals surface area contributed by atoms with Crippen LogP contribution in [-0.4, -0.2) is 6.54 Å². The molecule has 0 aliphatic heterocycles. The number of nitrogens with one attached hydrogen (secondary N) is 1. The Morgan fingerprint density at radius 1 is 0.917 bits per heavy atom. The monoisotopic (exact) mass is 166 g/mol. The first-order chi connectivity index (χ1) is 5.91. The summed E-state index contributed by atoms with van der Waals surface area (Å²) in [5.41, 5.74) is 6.91. The van der Waals surface area contributed by atoms with E-state index in [0.29, 0.717) is 6.54 Å². The van der Waals surface area contributed by atoms with Gasteiger partial charge >= 0.3 is 0 Å². The highest BCUT2D eigenvalue weighted by atomic mass is 14.5. The first kappa shape index (κ1) is 11.5. The van der Waals surface area contributed by atoms with Crippen molar-refractivity contribution in [2.24, 2.45) is 0 Å². The molecule has 0 fully saturated rings. The van der Waals surface area contributed by atoms with Crippen molar-refractivity contribution in [1.29, 1.82) is 0 Å². The number of hydrogen-bond donors (Lipinski definition) is 0. The third-order valence-electron chi connectivity index (χ3n) is 1.76. The van der Waals surface area contributed by atoms with Gasteiger partial charge in [0.1, 0.15) is 0 Å². The van der Waals surface area contributed by atoms with Crippen molar-refractivity contribution in [2.75, 3.05) is 6.54 Å². The standard InChI is InChI=1S/C11H20N/c1-2-3-4-5-6-7-8-9-10-11-12/h12H,2-6,9-11H2,1H3. The summed E-state index contributed by atoms with van der Waals surface area (Å²) in [6.07, 6.45) is 8.11. The number of unbranched alkanes of at least 4 members (excludes halogenated alkanes) is 5. The zero-order valence-corrected chi connectivity index (χ0v) is 8.16. The molecule has 0 amide bonds. The van der Waals surface area contributed by atoms with Crippen molar-refractivity contribution >= 4 is 0 Å². The van der Waals surface area contributed by atoms with Crippen LogP contribution in [0.1, 0.15) is 51.9 Å². The molecule has 0 rings (SSSR count). The molecule has 1 nitrogen and oxygen atoms in total. The quantitative estimate of drug-likeness (QED) is 0.428. The Morgan fingerprint density at radius 3 is 2.17 bits per heavy atom. The van der Waals surface area contributed by atoms with Crippen LogP contribution in [-0.2, 0) is 0 Å². The van der Waals surface area contributed by atoms with Gasteiger partial charge in [0, 0.05) is 19.4 Å². The Balaban J connectivity index is 2.99. The molecule has 0 aromatic heterocycles. The van der Waals surface area contributed by atoms with E-state index in [9.17, 15) is 0 Å². The third kappa shape index (κ3) is 9.52. The van der Waals surface area contributed by atoms with Gasteiger partial charge in [0.2, 0.25) is 0 Å². The second-order valence-electron chi connectivity index (χ2n) is 3.02. The molecule has 0 aromatic rings. The van der Waals surface area contributed by atoms with Crippen molar-refractivity contribution in [1.82, 2.24) is 5.73 Å². The molecule has 0 spiro atoms. The lowest BCUT2D eigenvalue weighted by molar-refractivity contribution is 0.679. The van der Waals surface area contributed by atoms with E-state index in [1.807, 2.05) is 0 Å². The fourth-order valence-corrected chi connectivity index (χ4v) is 0.994. The fraction of sp³-hybridized carbons (Fsp3) is 0.818. The predicted molar refractivity (Wildman–Crippen MR) is 53.7 cm³/mol. The van der Waals surface area contributed by atoms with Gasteiger partial charge in [0.25, 0.3) is 0 Å². The lowest BCUT2D eigenvalue weighted by atomic mass is 10.1. The molecular weight excluding hydrogens is 146 g/mol. The van der Waals surface area contributed by atoms with E-state index < -0.39 is 0 Å². The lowest BCUT2D eigenvalue weighted by Crippen LogP contribution is -1.81. The van der Waals surface area contributed by atoms with Gasteiger partial charge in [-0.05, 0) is 12.8 Å². The Labute approximate surface area is 76.7 Å². The van der Waals surface area contributed by atoms with Gasteiger partial charge in [-0.15, -0.1) is 11.8 Å². The van der Waals surface area contributed by atoms with Gasteiger partial charge in [-0.2, -0.15) is 0 Å². The molecule has 0 aliphatic rings. The molecule has 1 heteroatoms. The highest BCUT2D eigenvalue weighted by Gasteiger charge is 1.83. The van der Waals surface area contributed by atoms with Crippen LogP contribution in [0.2, 0.25) is 0 Å². The summed E-state index contributed by atoms with van der Waals surface area (Å²) in [6, 6.07) is 0. The SMILES string of the molecule is CCCCCCC#CCCC[NH]. The smallest absolute Gasteiger partial charge is 0.0109 e. The second-order valence-corrected chi connectivity index (χ2v) is 3.02. The predicted octanol–water partition coefficient (Wildman–Crippen LogP) is 3.02. The third-order valence-corrected chi connectivity index (χ3v) is 1.76. The fourth-order valence-electron chi connectivity index (χ4n) is 0.994. The van der Waals surface area contributed by atoms with Crippen molar-refractivity contribution in [3.63, 3.8) is 0 Å². The van der Waals surface area contributed by atoms with Crippen LogP contribution in [0.3, 0.4) is 0 Å². The minimum Gasteiger partial charge on any atom is -0.258 e. The van der Waals surface area contributed by atoms with E-state index in [1.165, 1.54) is 25.7 Å². The van der Waals surface area contributed by atoms with E-state index in [2.05, 4.69) is 18.8 Å². The van der Waals surface area contributed by atoms with Crippen molar-refractivity contribution in [3.05, 3.63) is 0 Å². The molecule has 0 saturated heterocycles. The Hall–Kier alpha value is -0.480. The summed E-state index contributed by atoms with van der Waals surface area (Å²) in [4.78, 5) is 0. The van der Waals surface area contributed by atoms with Crippen LogP contribution in [0.5, 0.6) is 0 Å². The molecule has 0 bridgehead atoms. The van der Waals surface area contributed by atoms with Gasteiger partial charge in [-0.25, -0.2) is 0 Å². The van der Waals surface area contributed by atoms with E-state index in [4.69, 9.17) is 5.73 Å². The first-order valence-corrected chi connectivity index (χ1v) is 5.02. The Bertz CT molecular complexity index is 130. The van der Waals surface area contributed by atoms with Crippen molar-refractivity contribution in [2.45, 2.75) is 51.9 Å². The van der Waals surface area contributed by atoms with Crippen molar-refractivity contribution in [3.8, 4) is 11.8 Å². The molecule has 0 unspecified atom stereocenters. The number of hydrogen-bond acceptors (Lipinski definition) is 0. The van der Waals surface area contributed by atoms with Crippen LogP contribution in [0.4, 0.5) is 0 Å².